The SMILES string of the molecule is CC(F)(F)C(=O)OCC12CC3CC(CC(C3)C1)C2.CC(F)(F)C(F)(F)C(F)(F)S(=O)(O)(O)N1CCC2CCCCC2C1.CS(=O)(=O)[C-](S(C)(=O)=O)S(=O)(=O)C(F)(F)F.O=S1(=O)[N-]S(=O)(=O)C(F)(F)C(F)(F)C1(F)F.c1ccc([S+](c2ccccc2)c2ccccc2)cc1.c1ccc([S+](c2ccccc2)c2ccccc2)cc1.c1ccc([S+](c2ccccc2)c2ccccc2)cc1.c1ccc([S+](c2ccccc2)c2ccccc2)cc1. The number of carbonyl (C=O) groups excluding carboxylic acids is 1. The molecular weight excluding hydrogens is 2180 g/mol. The molecule has 44 heteroatoms. The van der Waals surface area contributed by atoms with Crippen molar-refractivity contribution in [1.82, 2.24) is 4.31 Å². The molecule has 150 heavy (non-hydrogen) atoms. The van der Waals surface area contributed by atoms with E-state index in [2.05, 4.69) is 364 Å². The van der Waals surface area contributed by atoms with Gasteiger partial charge in [0.25, 0.3) is 0 Å². The first-order valence-electron chi connectivity index (χ1n) is 46.2. The van der Waals surface area contributed by atoms with E-state index in [0.29, 0.717) is 13.3 Å². The van der Waals surface area contributed by atoms with Crippen LogP contribution < -0.4 is 0 Å². The van der Waals surface area contributed by atoms with E-state index < -0.39 is 134 Å². The van der Waals surface area contributed by atoms with E-state index in [1.54, 1.807) is 0 Å². The van der Waals surface area contributed by atoms with Crippen molar-refractivity contribution >= 4 is 109 Å². The first kappa shape index (κ1) is 120. The molecule has 808 valence electrons. The highest BCUT2D eigenvalue weighted by Crippen LogP contribution is 2.62. The molecule has 2 atom stereocenters. The van der Waals surface area contributed by atoms with E-state index in [9.17, 15) is 135 Å². The number of hydrogen-bond donors (Lipinski definition) is 2. The molecule has 7 fully saturated rings. The van der Waals surface area contributed by atoms with Crippen LogP contribution in [0.4, 0.5) is 74.6 Å². The van der Waals surface area contributed by atoms with Gasteiger partial charge in [0.15, 0.2) is 88.6 Å². The predicted molar refractivity (Wildman–Crippen MR) is 548 cm³/mol. The van der Waals surface area contributed by atoms with Crippen molar-refractivity contribution in [3.63, 3.8) is 0 Å². The maximum absolute atomic E-state index is 14.0. The topological polar surface area (TPSA) is 272 Å². The second kappa shape index (κ2) is 49.2. The van der Waals surface area contributed by atoms with Crippen LogP contribution in [0.3, 0.4) is 0 Å². The first-order valence-corrected chi connectivity index (χ1v) is 61.1. The van der Waals surface area contributed by atoms with Crippen LogP contribution in [0.5, 0.6) is 0 Å². The standard InChI is InChI=1S/4C18H15S.C14H20F2O2.C13H21F6NO3S.C4H6F3O6S3.C3F6NO4S2/c4*1-4-10-16(11-5-1)19(17-12-6-2-7-13-17)18-14-8-3-9-15-18;1-13(15,16)12(17)18-8-14-5-9-2-10(6-14)4-11(3-9)7-14;1-11(14,15)12(16,17)13(18,19)24(21,22,23)20-7-6-9-4-2-3-5-10(9)8-20;1-14(8,9)3(15(2,10)11)16(12,13)4(5,6)7;4-1(5)2(6,7)15(11,12)10-16(13,14)3(1,8)9/h4*1-15H;9-11H,2-8H2,1H3;9-10H,2-8H2,1H3,(H2,21,22,23);1-2H3;/q4*+1;;;2*-1. The molecule has 7 aliphatic rings. The van der Waals surface area contributed by atoms with Gasteiger partial charge in [-0.3, -0.25) is 34.4 Å². The lowest BCUT2D eigenvalue weighted by Crippen LogP contribution is -2.72. The van der Waals surface area contributed by atoms with Gasteiger partial charge in [0.1, 0.15) is 0 Å². The van der Waals surface area contributed by atoms with Gasteiger partial charge in [-0.25, -0.2) is 25.8 Å². The van der Waals surface area contributed by atoms with E-state index in [1.165, 1.54) is 78.0 Å². The number of esters is 1. The van der Waals surface area contributed by atoms with E-state index in [4.69, 9.17) is 4.74 Å². The molecule has 2 N–H and O–H groups in total. The molecule has 4 bridgehead atoms. The summed E-state index contributed by atoms with van der Waals surface area (Å²) in [4.78, 5) is 27.5. The minimum atomic E-state index is -7.53. The van der Waals surface area contributed by atoms with Crippen molar-refractivity contribution in [3.05, 3.63) is 372 Å². The fourth-order valence-electron chi connectivity index (χ4n) is 18.1. The number of alkyl halides is 17. The number of ether oxygens (including phenoxy) is 1. The summed E-state index contributed by atoms with van der Waals surface area (Å²) >= 11 is 0. The van der Waals surface area contributed by atoms with Crippen LogP contribution in [0.25, 0.3) is 4.13 Å². The molecule has 0 spiro atoms. The van der Waals surface area contributed by atoms with E-state index in [0.717, 1.165) is 60.4 Å². The summed E-state index contributed by atoms with van der Waals surface area (Å²) in [6.45, 7) is -0.727. The lowest BCUT2D eigenvalue weighted by atomic mass is 9.50. The molecule has 2 saturated heterocycles. The van der Waals surface area contributed by atoms with E-state index in [-0.39, 0.29) is 90.7 Å². The highest BCUT2D eigenvalue weighted by molar-refractivity contribution is 8.28. The average molecular weight is 2290 g/mol. The zero-order valence-electron chi connectivity index (χ0n) is 80.5. The summed E-state index contributed by atoms with van der Waals surface area (Å²) in [5.74, 6) is -20.8. The van der Waals surface area contributed by atoms with Gasteiger partial charge in [-0.15, -0.1) is 0 Å². The lowest BCUT2D eigenvalue weighted by molar-refractivity contribution is -0.278. The second-order valence-electron chi connectivity index (χ2n) is 36.0. The summed E-state index contributed by atoms with van der Waals surface area (Å²) in [6, 6.07) is 129. The van der Waals surface area contributed by atoms with Crippen molar-refractivity contribution in [2.24, 2.45) is 35.0 Å². The van der Waals surface area contributed by atoms with Crippen LogP contribution in [0, 0.1) is 38.9 Å². The Kier molecular flexibility index (Phi) is 39.5. The quantitative estimate of drug-likeness (QED) is 0.0276. The van der Waals surface area contributed by atoms with Gasteiger partial charge in [-0.1, -0.05) is 238 Å². The van der Waals surface area contributed by atoms with Crippen LogP contribution in [-0.2, 0) is 112 Å². The van der Waals surface area contributed by atoms with Gasteiger partial charge < -0.3 is 8.86 Å². The molecule has 2 heterocycles. The molecule has 0 amide bonds. The number of fused-ring (bicyclic) bond motifs is 1. The van der Waals surface area contributed by atoms with Crippen LogP contribution in [0.15, 0.2) is 423 Å². The number of rotatable bonds is 22. The molecule has 5 saturated carbocycles. The molecule has 2 aliphatic heterocycles. The van der Waals surface area contributed by atoms with Crippen LogP contribution >= 0.6 is 0 Å². The van der Waals surface area contributed by atoms with Gasteiger partial charge in [0.2, 0.25) is 9.81 Å². The molecule has 12 aromatic rings. The van der Waals surface area contributed by atoms with Crippen LogP contribution in [0.2, 0.25) is 0 Å². The van der Waals surface area contributed by atoms with E-state index >= 15 is 0 Å². The predicted octanol–water partition coefficient (Wildman–Crippen LogP) is 26.9. The minimum absolute atomic E-state index is 0.0146. The van der Waals surface area contributed by atoms with Gasteiger partial charge in [-0.2, -0.15) is 78.9 Å². The van der Waals surface area contributed by atoms with Crippen LogP contribution in [-0.4, -0.2) is 143 Å². The minimum Gasteiger partial charge on any atom is -0.461 e. The Morgan fingerprint density at radius 3 is 0.807 bits per heavy atom. The van der Waals surface area contributed by atoms with Gasteiger partial charge >= 0.3 is 50.9 Å². The van der Waals surface area contributed by atoms with Gasteiger partial charge in [0.05, 0.1) is 73.8 Å². The van der Waals surface area contributed by atoms with Gasteiger partial charge in [0, 0.05) is 44.9 Å². The van der Waals surface area contributed by atoms with Gasteiger partial charge in [-0.05, 0) is 227 Å². The fourth-order valence-corrected chi connectivity index (χ4v) is 37.3. The highest BCUT2D eigenvalue weighted by Gasteiger charge is 2.83. The Bertz CT molecular complexity index is 6100. The lowest BCUT2D eigenvalue weighted by Gasteiger charge is -2.56. The maximum Gasteiger partial charge on any atom is 0.470 e. The number of sulfone groups is 3. The monoisotopic (exact) mass is 2290 g/mol. The Morgan fingerprint density at radius 1 is 0.393 bits per heavy atom. The maximum atomic E-state index is 14.0. The Hall–Kier alpha value is -9.94. The zero-order valence-corrected chi connectivity index (χ0v) is 88.7. The summed E-state index contributed by atoms with van der Waals surface area (Å²) < 4.78 is 358. The molecule has 17 nitrogen and oxygen atoms in total. The number of halogens is 17. The number of carbonyl (C=O) groups is 1. The summed E-state index contributed by atoms with van der Waals surface area (Å²) in [5.41, 5.74) is -5.97. The van der Waals surface area contributed by atoms with Crippen molar-refractivity contribution in [1.29, 1.82) is 0 Å². The smallest absolute Gasteiger partial charge is 0.461 e. The normalized spacial score (nSPS) is 20.3. The third-order valence-electron chi connectivity index (χ3n) is 24.6. The second-order valence-corrected chi connectivity index (χ2v) is 56.9. The number of nitrogens with zero attached hydrogens (tertiary/aromatic N) is 2. The average Bonchev–Trinajstić information content (AvgIpc) is 0.696. The summed E-state index contributed by atoms with van der Waals surface area (Å²) in [7, 11) is -37.2. The summed E-state index contributed by atoms with van der Waals surface area (Å²) in [6.07, 6.45) is 10.4. The molecule has 0 radical (unpaired) electrons. The molecule has 19 rings (SSSR count). The largest absolute Gasteiger partial charge is 0.470 e. The number of benzene rings is 12. The van der Waals surface area contributed by atoms with Crippen LogP contribution in [0.1, 0.15) is 84.5 Å². The molecule has 0 aromatic heterocycles. The van der Waals surface area contributed by atoms with Crippen molar-refractivity contribution < 1.29 is 140 Å². The third-order valence-corrected chi connectivity index (χ3v) is 46.5. The molecular formula is C106H107F17N2O15S10+2. The molecule has 2 unspecified atom stereocenters. The van der Waals surface area contributed by atoms with Crippen molar-refractivity contribution in [3.8, 4) is 0 Å². The highest BCUT2D eigenvalue weighted by atomic mass is 32.3. The zero-order chi connectivity index (χ0) is 110. The number of piperidine rings is 1. The van der Waals surface area contributed by atoms with Crippen molar-refractivity contribution in [2.45, 2.75) is 188 Å². The molecule has 5 aliphatic carbocycles. The molecule has 12 aromatic carbocycles. The Morgan fingerprint density at radius 2 is 0.613 bits per heavy atom. The fraction of sp³-hybridized carbons (Fsp3) is 0.302. The summed E-state index contributed by atoms with van der Waals surface area (Å²) in [5, 5.41) is -18.8. The number of sulfonamides is 2. The Balaban J connectivity index is 0.000000163. The third kappa shape index (κ3) is 28.8. The van der Waals surface area contributed by atoms with Crippen molar-refractivity contribution in [2.75, 3.05) is 32.2 Å². The number of hydrogen-bond acceptors (Lipinski definition) is 13. The first-order chi connectivity index (χ1) is 70.1. The Labute approximate surface area is 873 Å². The van der Waals surface area contributed by atoms with E-state index in [1.807, 2.05) is 0 Å².